The number of esters is 1. The summed E-state index contributed by atoms with van der Waals surface area (Å²) in [6.45, 7) is 2.40. The lowest BCUT2D eigenvalue weighted by Crippen LogP contribution is -2.21. The Balaban J connectivity index is 2.00. The number of ether oxygens (including phenoxy) is 1. The van der Waals surface area contributed by atoms with Crippen molar-refractivity contribution in [2.45, 2.75) is 32.6 Å². The first-order valence-electron chi connectivity index (χ1n) is 6.47. The fourth-order valence-corrected chi connectivity index (χ4v) is 1.58. The van der Waals surface area contributed by atoms with E-state index in [-0.39, 0.29) is 11.9 Å². The number of pyridine rings is 1. The molecule has 1 amide bonds. The number of aromatic nitrogens is 1. The number of nitrogens with zero attached hydrogens (tertiary/aromatic N) is 1. The molecule has 5 heteroatoms. The Morgan fingerprint density at radius 1 is 1.26 bits per heavy atom. The van der Waals surface area contributed by atoms with Gasteiger partial charge in [-0.25, -0.2) is 0 Å². The number of hydrogen-bond donors (Lipinski definition) is 1. The number of rotatable bonds is 8. The fraction of sp³-hybridized carbons (Fsp3) is 0.500. The van der Waals surface area contributed by atoms with Crippen molar-refractivity contribution in [3.05, 3.63) is 30.1 Å². The third kappa shape index (κ3) is 7.91. The minimum absolute atomic E-state index is 0.0780. The number of aryl methyl sites for hydroxylation is 1. The van der Waals surface area contributed by atoms with E-state index in [4.69, 9.17) is 4.74 Å². The van der Waals surface area contributed by atoms with Crippen molar-refractivity contribution in [3.63, 3.8) is 0 Å². The van der Waals surface area contributed by atoms with Gasteiger partial charge in [-0.15, -0.1) is 0 Å². The molecule has 1 heterocycles. The molecule has 19 heavy (non-hydrogen) atoms. The SMILES string of the molecule is CC(=O)NCCCC(=O)OCCCc1ccncc1. The van der Waals surface area contributed by atoms with Gasteiger partial charge in [-0.1, -0.05) is 0 Å². The van der Waals surface area contributed by atoms with Gasteiger partial charge >= 0.3 is 5.97 Å². The van der Waals surface area contributed by atoms with Crippen molar-refractivity contribution in [1.29, 1.82) is 0 Å². The second-order valence-electron chi connectivity index (χ2n) is 4.27. The number of amides is 1. The first-order valence-corrected chi connectivity index (χ1v) is 6.47. The lowest BCUT2D eigenvalue weighted by molar-refractivity contribution is -0.143. The highest BCUT2D eigenvalue weighted by Gasteiger charge is 2.02. The standard InChI is InChI=1S/C14H20N2O3/c1-12(17)16-8-2-5-14(18)19-11-3-4-13-6-9-15-10-7-13/h6-7,9-10H,2-5,8,11H2,1H3,(H,16,17). The molecule has 0 fully saturated rings. The second kappa shape index (κ2) is 9.08. The maximum atomic E-state index is 11.4. The van der Waals surface area contributed by atoms with Crippen molar-refractivity contribution in [2.24, 2.45) is 0 Å². The van der Waals surface area contributed by atoms with Gasteiger partial charge in [-0.05, 0) is 37.0 Å². The predicted octanol–water partition coefficient (Wildman–Crippen LogP) is 1.47. The molecule has 0 bridgehead atoms. The number of hydrogen-bond acceptors (Lipinski definition) is 4. The summed E-state index contributed by atoms with van der Waals surface area (Å²) in [5, 5.41) is 2.64. The Kier molecular flexibility index (Phi) is 7.24. The molecule has 5 nitrogen and oxygen atoms in total. The van der Waals surface area contributed by atoms with E-state index in [1.807, 2.05) is 12.1 Å². The third-order valence-corrected chi connectivity index (χ3v) is 2.55. The van der Waals surface area contributed by atoms with Gasteiger partial charge in [0.1, 0.15) is 0 Å². The average molecular weight is 264 g/mol. The quantitative estimate of drug-likeness (QED) is 0.570. The number of carbonyl (C=O) groups is 2. The highest BCUT2D eigenvalue weighted by Crippen LogP contribution is 2.01. The molecule has 1 aromatic heterocycles. The summed E-state index contributed by atoms with van der Waals surface area (Å²) < 4.78 is 5.10. The van der Waals surface area contributed by atoms with Crippen molar-refractivity contribution < 1.29 is 14.3 Å². The van der Waals surface area contributed by atoms with E-state index < -0.39 is 0 Å². The van der Waals surface area contributed by atoms with Crippen molar-refractivity contribution in [1.82, 2.24) is 10.3 Å². The largest absolute Gasteiger partial charge is 0.466 e. The normalized spacial score (nSPS) is 9.95. The summed E-state index contributed by atoms with van der Waals surface area (Å²) >= 11 is 0. The van der Waals surface area contributed by atoms with Crippen LogP contribution in [0.25, 0.3) is 0 Å². The van der Waals surface area contributed by atoms with Gasteiger partial charge < -0.3 is 10.1 Å². The van der Waals surface area contributed by atoms with Gasteiger partial charge in [0.15, 0.2) is 0 Å². The maximum Gasteiger partial charge on any atom is 0.305 e. The lowest BCUT2D eigenvalue weighted by atomic mass is 10.1. The van der Waals surface area contributed by atoms with Crippen LogP contribution in [0.5, 0.6) is 0 Å². The molecule has 0 atom stereocenters. The van der Waals surface area contributed by atoms with Crippen LogP contribution >= 0.6 is 0 Å². The van der Waals surface area contributed by atoms with Crippen molar-refractivity contribution >= 4 is 11.9 Å². The number of nitrogens with one attached hydrogen (secondary N) is 1. The zero-order chi connectivity index (χ0) is 13.9. The zero-order valence-corrected chi connectivity index (χ0v) is 11.2. The van der Waals surface area contributed by atoms with Crippen LogP contribution in [0.4, 0.5) is 0 Å². The first-order chi connectivity index (χ1) is 9.18. The summed E-state index contributed by atoms with van der Waals surface area (Å²) in [4.78, 5) is 25.9. The highest BCUT2D eigenvalue weighted by molar-refractivity contribution is 5.73. The van der Waals surface area contributed by atoms with Crippen LogP contribution < -0.4 is 5.32 Å². The molecule has 104 valence electrons. The zero-order valence-electron chi connectivity index (χ0n) is 11.2. The van der Waals surface area contributed by atoms with Gasteiger partial charge in [0, 0.05) is 32.3 Å². The van der Waals surface area contributed by atoms with E-state index in [9.17, 15) is 9.59 Å². The van der Waals surface area contributed by atoms with Crippen LogP contribution in [-0.4, -0.2) is 30.0 Å². The van der Waals surface area contributed by atoms with E-state index in [0.717, 1.165) is 12.8 Å². The summed E-state index contributed by atoms with van der Waals surface area (Å²) in [6.07, 6.45) is 6.15. The summed E-state index contributed by atoms with van der Waals surface area (Å²) in [6, 6.07) is 3.91. The van der Waals surface area contributed by atoms with Gasteiger partial charge in [-0.3, -0.25) is 14.6 Å². The van der Waals surface area contributed by atoms with Gasteiger partial charge in [-0.2, -0.15) is 0 Å². The molecule has 1 aromatic rings. The van der Waals surface area contributed by atoms with E-state index in [1.54, 1.807) is 12.4 Å². The molecule has 0 saturated carbocycles. The Morgan fingerprint density at radius 3 is 2.68 bits per heavy atom. The number of carbonyl (C=O) groups excluding carboxylic acids is 2. The topological polar surface area (TPSA) is 68.3 Å². The molecular weight excluding hydrogens is 244 g/mol. The monoisotopic (exact) mass is 264 g/mol. The third-order valence-electron chi connectivity index (χ3n) is 2.55. The minimum atomic E-state index is -0.208. The minimum Gasteiger partial charge on any atom is -0.466 e. The summed E-state index contributed by atoms with van der Waals surface area (Å²) in [7, 11) is 0. The maximum absolute atomic E-state index is 11.4. The molecular formula is C14H20N2O3. The molecule has 0 radical (unpaired) electrons. The van der Waals surface area contributed by atoms with Crippen LogP contribution in [0.15, 0.2) is 24.5 Å². The average Bonchev–Trinajstić information content (AvgIpc) is 2.41. The molecule has 0 aliphatic carbocycles. The van der Waals surface area contributed by atoms with E-state index in [2.05, 4.69) is 10.3 Å². The molecule has 0 spiro atoms. The van der Waals surface area contributed by atoms with Crippen molar-refractivity contribution in [2.75, 3.05) is 13.2 Å². The molecule has 0 aliphatic rings. The predicted molar refractivity (Wildman–Crippen MR) is 71.4 cm³/mol. The Labute approximate surface area is 113 Å². The Hall–Kier alpha value is -1.91. The summed E-state index contributed by atoms with van der Waals surface area (Å²) in [5.41, 5.74) is 1.19. The second-order valence-corrected chi connectivity index (χ2v) is 4.27. The molecule has 0 unspecified atom stereocenters. The Bertz CT molecular complexity index is 393. The van der Waals surface area contributed by atoms with Crippen LogP contribution in [0, 0.1) is 0 Å². The van der Waals surface area contributed by atoms with Crippen LogP contribution in [0.2, 0.25) is 0 Å². The van der Waals surface area contributed by atoms with Gasteiger partial charge in [0.05, 0.1) is 6.61 Å². The van der Waals surface area contributed by atoms with Crippen LogP contribution in [0.1, 0.15) is 31.7 Å². The Morgan fingerprint density at radius 2 is 2.00 bits per heavy atom. The molecule has 0 aromatic carbocycles. The van der Waals surface area contributed by atoms with Crippen molar-refractivity contribution in [3.8, 4) is 0 Å². The lowest BCUT2D eigenvalue weighted by Gasteiger charge is -2.05. The molecule has 0 aliphatic heterocycles. The fourth-order valence-electron chi connectivity index (χ4n) is 1.58. The smallest absolute Gasteiger partial charge is 0.305 e. The summed E-state index contributed by atoms with van der Waals surface area (Å²) in [5.74, 6) is -0.286. The van der Waals surface area contributed by atoms with E-state index >= 15 is 0 Å². The van der Waals surface area contributed by atoms with Crippen LogP contribution in [0.3, 0.4) is 0 Å². The molecule has 1 N–H and O–H groups in total. The van der Waals surface area contributed by atoms with Crippen LogP contribution in [-0.2, 0) is 20.7 Å². The first kappa shape index (κ1) is 15.1. The highest BCUT2D eigenvalue weighted by atomic mass is 16.5. The van der Waals surface area contributed by atoms with Gasteiger partial charge in [0.2, 0.25) is 5.91 Å². The van der Waals surface area contributed by atoms with Gasteiger partial charge in [0.25, 0.3) is 0 Å². The van der Waals surface area contributed by atoms with E-state index in [1.165, 1.54) is 12.5 Å². The molecule has 1 rings (SSSR count). The molecule has 0 saturated heterocycles. The van der Waals surface area contributed by atoms with E-state index in [0.29, 0.717) is 26.0 Å².